The molecular weight excluding hydrogens is 352 g/mol. The zero-order chi connectivity index (χ0) is 19.4. The Kier molecular flexibility index (Phi) is 5.40. The molecule has 0 aliphatic carbocycles. The smallest absolute Gasteiger partial charge is 0.265 e. The summed E-state index contributed by atoms with van der Waals surface area (Å²) in [5, 5.41) is 0. The number of nitrogens with two attached hydrogens (primary N) is 1. The lowest BCUT2D eigenvalue weighted by molar-refractivity contribution is 0.0999. The zero-order valence-electron chi connectivity index (χ0n) is 14.5. The normalized spacial score (nSPS) is 10.8. The molecule has 2 aromatic heterocycles. The van der Waals surface area contributed by atoms with Gasteiger partial charge in [0, 0.05) is 29.1 Å². The van der Waals surface area contributed by atoms with Gasteiger partial charge in [-0.15, -0.1) is 0 Å². The molecule has 1 amide bonds. The minimum atomic E-state index is -2.62. The van der Waals surface area contributed by atoms with Crippen LogP contribution >= 0.6 is 0 Å². The molecule has 0 aliphatic rings. The summed E-state index contributed by atoms with van der Waals surface area (Å²) < 4.78 is 31.2. The summed E-state index contributed by atoms with van der Waals surface area (Å²) in [7, 11) is 0. The number of nitrogens with zero attached hydrogens (tertiary/aromatic N) is 2. The van der Waals surface area contributed by atoms with Crippen molar-refractivity contribution in [3.05, 3.63) is 71.8 Å². The van der Waals surface area contributed by atoms with Crippen molar-refractivity contribution in [3.8, 4) is 22.6 Å². The van der Waals surface area contributed by atoms with Crippen molar-refractivity contribution in [1.82, 2.24) is 9.97 Å². The molecule has 0 atom stereocenters. The number of aryl methyl sites for hydroxylation is 1. The molecule has 0 aliphatic heterocycles. The first-order chi connectivity index (χ1) is 13.0. The Morgan fingerprint density at radius 3 is 2.41 bits per heavy atom. The fourth-order valence-electron chi connectivity index (χ4n) is 2.69. The quantitative estimate of drug-likeness (QED) is 0.692. The van der Waals surface area contributed by atoms with Gasteiger partial charge in [-0.25, -0.2) is 8.78 Å². The van der Waals surface area contributed by atoms with E-state index in [0.717, 1.165) is 22.9 Å². The average Bonchev–Trinajstić information content (AvgIpc) is 2.67. The molecule has 3 rings (SSSR count). The van der Waals surface area contributed by atoms with Crippen molar-refractivity contribution in [1.29, 1.82) is 0 Å². The third-order valence-electron chi connectivity index (χ3n) is 4.02. The van der Waals surface area contributed by atoms with Gasteiger partial charge in [0.05, 0.1) is 12.4 Å². The maximum atomic E-state index is 12.8. The predicted octanol–water partition coefficient (Wildman–Crippen LogP) is 4.53. The number of halogens is 2. The molecule has 1 aromatic carbocycles. The van der Waals surface area contributed by atoms with E-state index in [1.807, 2.05) is 13.0 Å². The number of carbonyl (C=O) groups excluding carboxylic acids is 1. The fourth-order valence-corrected chi connectivity index (χ4v) is 2.69. The molecule has 0 radical (unpaired) electrons. The van der Waals surface area contributed by atoms with Crippen LogP contribution in [0.5, 0.6) is 11.5 Å². The van der Waals surface area contributed by atoms with Crippen LogP contribution < -0.4 is 10.5 Å². The van der Waals surface area contributed by atoms with Crippen LogP contribution in [0.25, 0.3) is 11.1 Å². The maximum absolute atomic E-state index is 12.8. The largest absolute Gasteiger partial charge is 0.454 e. The van der Waals surface area contributed by atoms with Gasteiger partial charge >= 0.3 is 0 Å². The van der Waals surface area contributed by atoms with E-state index in [2.05, 4.69) is 9.97 Å². The highest BCUT2D eigenvalue weighted by molar-refractivity contribution is 5.95. The van der Waals surface area contributed by atoms with E-state index in [-0.39, 0.29) is 11.3 Å². The zero-order valence-corrected chi connectivity index (χ0v) is 14.5. The molecule has 2 heterocycles. The maximum Gasteiger partial charge on any atom is 0.265 e. The van der Waals surface area contributed by atoms with Crippen LogP contribution in [0.1, 0.15) is 34.8 Å². The molecule has 0 saturated carbocycles. The lowest BCUT2D eigenvalue weighted by atomic mass is 9.98. The summed E-state index contributed by atoms with van der Waals surface area (Å²) in [6.45, 7) is 1.94. The monoisotopic (exact) mass is 369 g/mol. The van der Waals surface area contributed by atoms with Crippen LogP contribution in [-0.4, -0.2) is 15.9 Å². The van der Waals surface area contributed by atoms with Crippen molar-refractivity contribution in [3.63, 3.8) is 0 Å². The first kappa shape index (κ1) is 18.4. The number of alkyl halides is 2. The number of amides is 1. The van der Waals surface area contributed by atoms with Gasteiger partial charge in [0.2, 0.25) is 5.91 Å². The van der Waals surface area contributed by atoms with E-state index in [1.165, 1.54) is 18.5 Å². The number of pyridine rings is 2. The van der Waals surface area contributed by atoms with Crippen LogP contribution in [0.4, 0.5) is 8.78 Å². The van der Waals surface area contributed by atoms with Gasteiger partial charge in [-0.3, -0.25) is 14.8 Å². The number of hydrogen-bond donors (Lipinski definition) is 1. The van der Waals surface area contributed by atoms with Gasteiger partial charge in [-0.2, -0.15) is 0 Å². The summed E-state index contributed by atoms with van der Waals surface area (Å²) in [6, 6.07) is 8.31. The van der Waals surface area contributed by atoms with E-state index >= 15 is 0 Å². The number of aromatic nitrogens is 2. The van der Waals surface area contributed by atoms with Crippen LogP contribution in [0.2, 0.25) is 0 Å². The topological polar surface area (TPSA) is 78.1 Å². The Morgan fingerprint density at radius 1 is 1.04 bits per heavy atom. The third kappa shape index (κ3) is 4.25. The lowest BCUT2D eigenvalue weighted by Gasteiger charge is -2.10. The van der Waals surface area contributed by atoms with Gasteiger partial charge < -0.3 is 10.5 Å². The van der Waals surface area contributed by atoms with Crippen molar-refractivity contribution >= 4 is 5.91 Å². The van der Waals surface area contributed by atoms with Crippen LogP contribution in [0.15, 0.2) is 55.1 Å². The molecule has 138 valence electrons. The van der Waals surface area contributed by atoms with Gasteiger partial charge in [0.25, 0.3) is 6.43 Å². The SMILES string of the molecule is CCc1cc(-c2cncc(Oc3cncc(C(F)F)c3)c2)ccc1C(N)=O. The third-order valence-corrected chi connectivity index (χ3v) is 4.02. The molecule has 0 bridgehead atoms. The Morgan fingerprint density at radius 2 is 1.74 bits per heavy atom. The lowest BCUT2D eigenvalue weighted by Crippen LogP contribution is -2.13. The predicted molar refractivity (Wildman–Crippen MR) is 96.8 cm³/mol. The van der Waals surface area contributed by atoms with Gasteiger partial charge in [-0.05, 0) is 35.7 Å². The van der Waals surface area contributed by atoms with Crippen LogP contribution in [-0.2, 0) is 6.42 Å². The summed E-state index contributed by atoms with van der Waals surface area (Å²) >= 11 is 0. The molecule has 0 fully saturated rings. The Bertz CT molecular complexity index is 977. The van der Waals surface area contributed by atoms with Crippen molar-refractivity contribution in [2.45, 2.75) is 19.8 Å². The molecule has 2 N–H and O–H groups in total. The van der Waals surface area contributed by atoms with E-state index < -0.39 is 12.3 Å². The molecular formula is C20H17F2N3O2. The number of hydrogen-bond acceptors (Lipinski definition) is 4. The summed E-state index contributed by atoms with van der Waals surface area (Å²) in [5.41, 5.74) is 8.09. The first-order valence-corrected chi connectivity index (χ1v) is 8.27. The minimum absolute atomic E-state index is 0.199. The minimum Gasteiger partial charge on any atom is -0.454 e. The van der Waals surface area contributed by atoms with Gasteiger partial charge in [-0.1, -0.05) is 19.1 Å². The molecule has 3 aromatic rings. The summed E-state index contributed by atoms with van der Waals surface area (Å²) in [5.74, 6) is 0.114. The van der Waals surface area contributed by atoms with Crippen LogP contribution in [0.3, 0.4) is 0 Å². The van der Waals surface area contributed by atoms with Crippen molar-refractivity contribution < 1.29 is 18.3 Å². The number of carbonyl (C=O) groups is 1. The van der Waals surface area contributed by atoms with Gasteiger partial charge in [0.1, 0.15) is 11.5 Å². The molecule has 0 saturated heterocycles. The van der Waals surface area contributed by atoms with E-state index in [0.29, 0.717) is 17.7 Å². The Balaban J connectivity index is 1.90. The van der Waals surface area contributed by atoms with Crippen molar-refractivity contribution in [2.75, 3.05) is 0 Å². The molecule has 7 heteroatoms. The average molecular weight is 369 g/mol. The molecule has 0 unspecified atom stereocenters. The highest BCUT2D eigenvalue weighted by atomic mass is 19.3. The second kappa shape index (κ2) is 7.90. The van der Waals surface area contributed by atoms with Crippen molar-refractivity contribution in [2.24, 2.45) is 5.73 Å². The highest BCUT2D eigenvalue weighted by Gasteiger charge is 2.11. The van der Waals surface area contributed by atoms with E-state index in [4.69, 9.17) is 10.5 Å². The van der Waals surface area contributed by atoms with E-state index in [1.54, 1.807) is 24.4 Å². The molecule has 0 spiro atoms. The summed E-state index contributed by atoms with van der Waals surface area (Å²) in [6.07, 6.45) is 3.62. The van der Waals surface area contributed by atoms with E-state index in [9.17, 15) is 13.6 Å². The Labute approximate surface area is 154 Å². The second-order valence-corrected chi connectivity index (χ2v) is 5.86. The number of rotatable bonds is 6. The molecule has 5 nitrogen and oxygen atoms in total. The number of primary amides is 1. The Hall–Kier alpha value is -3.35. The molecule has 27 heavy (non-hydrogen) atoms. The highest BCUT2D eigenvalue weighted by Crippen LogP contribution is 2.29. The summed E-state index contributed by atoms with van der Waals surface area (Å²) in [4.78, 5) is 19.4. The van der Waals surface area contributed by atoms with Crippen LogP contribution in [0, 0.1) is 0 Å². The number of ether oxygens (including phenoxy) is 1. The second-order valence-electron chi connectivity index (χ2n) is 5.86. The fraction of sp³-hybridized carbons (Fsp3) is 0.150. The van der Waals surface area contributed by atoms with Gasteiger partial charge in [0.15, 0.2) is 0 Å². The standard InChI is InChI=1S/C20H17F2N3O2/c1-2-12-5-13(3-4-18(12)20(23)26)14-6-16(10-24-8-14)27-17-7-15(19(21)22)9-25-11-17/h3-11,19H,2H2,1H3,(H2,23,26). The first-order valence-electron chi connectivity index (χ1n) is 8.27. The number of benzene rings is 1.